The van der Waals surface area contributed by atoms with Gasteiger partial charge in [-0.15, -0.1) is 0 Å². The Kier molecular flexibility index (Phi) is 5.39. The number of rotatable bonds is 5. The normalized spacial score (nSPS) is 21.4. The summed E-state index contributed by atoms with van der Waals surface area (Å²) >= 11 is 0. The number of likely N-dealkylation sites (tertiary alicyclic amines) is 1. The Labute approximate surface area is 128 Å². The molecule has 2 N–H and O–H groups in total. The van der Waals surface area contributed by atoms with E-state index in [0.717, 1.165) is 25.4 Å². The van der Waals surface area contributed by atoms with E-state index in [4.69, 9.17) is 11.0 Å². The molecule has 1 saturated heterocycles. The van der Waals surface area contributed by atoms with E-state index < -0.39 is 5.54 Å². The second-order valence-corrected chi connectivity index (χ2v) is 6.75. The maximum absolute atomic E-state index is 9.05. The summed E-state index contributed by atoms with van der Waals surface area (Å²) in [5.41, 5.74) is 6.70. The predicted octanol–water partition coefficient (Wildman–Crippen LogP) is 2.96. The van der Waals surface area contributed by atoms with Gasteiger partial charge in [-0.05, 0) is 64.1 Å². The number of hydrogen-bond acceptors (Lipinski definition) is 3. The molecular weight excluding hydrogens is 258 g/mol. The third-order valence-corrected chi connectivity index (χ3v) is 4.61. The van der Waals surface area contributed by atoms with Gasteiger partial charge in [-0.25, -0.2) is 0 Å². The Morgan fingerprint density at radius 3 is 2.52 bits per heavy atom. The number of benzene rings is 1. The lowest BCUT2D eigenvalue weighted by molar-refractivity contribution is 0.127. The van der Waals surface area contributed by atoms with E-state index >= 15 is 0 Å². The fraction of sp³-hybridized carbons (Fsp3) is 0.611. The average Bonchev–Trinajstić information content (AvgIpc) is 2.48. The Hall–Kier alpha value is -1.37. The zero-order valence-electron chi connectivity index (χ0n) is 13.3. The Morgan fingerprint density at radius 2 is 1.95 bits per heavy atom. The van der Waals surface area contributed by atoms with Gasteiger partial charge in [-0.2, -0.15) is 5.26 Å². The molecule has 0 bridgehead atoms. The van der Waals surface area contributed by atoms with Crippen LogP contribution < -0.4 is 5.73 Å². The quantitative estimate of drug-likeness (QED) is 0.905. The van der Waals surface area contributed by atoms with E-state index in [1.807, 2.05) is 6.92 Å². The van der Waals surface area contributed by atoms with Gasteiger partial charge in [-0.3, -0.25) is 0 Å². The van der Waals surface area contributed by atoms with E-state index in [1.54, 1.807) is 0 Å². The highest BCUT2D eigenvalue weighted by Gasteiger charge is 2.27. The van der Waals surface area contributed by atoms with Crippen molar-refractivity contribution in [2.75, 3.05) is 13.1 Å². The molecule has 114 valence electrons. The van der Waals surface area contributed by atoms with Crippen molar-refractivity contribution in [1.82, 2.24) is 4.90 Å². The maximum Gasteiger partial charge on any atom is 0.102 e. The van der Waals surface area contributed by atoms with E-state index in [-0.39, 0.29) is 0 Å². The van der Waals surface area contributed by atoms with Gasteiger partial charge in [-0.1, -0.05) is 30.3 Å². The molecule has 0 radical (unpaired) electrons. The highest BCUT2D eigenvalue weighted by molar-refractivity contribution is 5.15. The van der Waals surface area contributed by atoms with Crippen LogP contribution in [0, 0.1) is 17.2 Å². The molecule has 1 heterocycles. The van der Waals surface area contributed by atoms with E-state index in [2.05, 4.69) is 48.2 Å². The average molecular weight is 285 g/mol. The van der Waals surface area contributed by atoms with Crippen molar-refractivity contribution in [3.05, 3.63) is 35.9 Å². The van der Waals surface area contributed by atoms with Crippen LogP contribution in [0.15, 0.2) is 30.3 Å². The summed E-state index contributed by atoms with van der Waals surface area (Å²) in [4.78, 5) is 2.49. The lowest BCUT2D eigenvalue weighted by Crippen LogP contribution is -2.46. The second kappa shape index (κ2) is 7.06. The molecule has 3 heteroatoms. The number of nitriles is 1. The van der Waals surface area contributed by atoms with Gasteiger partial charge in [0.15, 0.2) is 0 Å². The Bertz CT molecular complexity index is 467. The lowest BCUT2D eigenvalue weighted by atomic mass is 9.88. The van der Waals surface area contributed by atoms with Crippen molar-refractivity contribution in [3.63, 3.8) is 0 Å². The molecule has 0 aliphatic carbocycles. The molecule has 1 fully saturated rings. The first-order chi connectivity index (χ1) is 10.00. The first kappa shape index (κ1) is 16.0. The van der Waals surface area contributed by atoms with Crippen LogP contribution >= 0.6 is 0 Å². The fourth-order valence-corrected chi connectivity index (χ4v) is 3.33. The summed E-state index contributed by atoms with van der Waals surface area (Å²) < 4.78 is 0. The number of hydrogen-bond donors (Lipinski definition) is 1. The van der Waals surface area contributed by atoms with Gasteiger partial charge in [0.25, 0.3) is 0 Å². The standard InChI is InChI=1S/C18H27N3/c1-15(13-18(2,20)14-19)21-10-8-17(9-11-21)12-16-6-4-3-5-7-16/h3-7,15,17H,8-13,20H2,1-2H3. The van der Waals surface area contributed by atoms with Crippen LogP contribution in [0.5, 0.6) is 0 Å². The zero-order valence-corrected chi connectivity index (χ0v) is 13.3. The summed E-state index contributed by atoms with van der Waals surface area (Å²) in [6, 6.07) is 13.4. The van der Waals surface area contributed by atoms with Gasteiger partial charge in [0.2, 0.25) is 0 Å². The Morgan fingerprint density at radius 1 is 1.33 bits per heavy atom. The molecule has 1 aromatic rings. The van der Waals surface area contributed by atoms with E-state index in [1.165, 1.54) is 24.8 Å². The van der Waals surface area contributed by atoms with Crippen LogP contribution in [0.25, 0.3) is 0 Å². The minimum Gasteiger partial charge on any atom is -0.314 e. The van der Waals surface area contributed by atoms with Crippen molar-refractivity contribution in [1.29, 1.82) is 5.26 Å². The number of nitrogens with zero attached hydrogens (tertiary/aromatic N) is 2. The maximum atomic E-state index is 9.05. The summed E-state index contributed by atoms with van der Waals surface area (Å²) in [6.07, 6.45) is 4.42. The molecule has 1 aromatic carbocycles. The third kappa shape index (κ3) is 4.84. The molecule has 0 spiro atoms. The number of piperidine rings is 1. The molecule has 3 nitrogen and oxygen atoms in total. The Balaban J connectivity index is 1.79. The molecule has 1 aliphatic rings. The van der Waals surface area contributed by atoms with Crippen molar-refractivity contribution in [3.8, 4) is 6.07 Å². The highest BCUT2D eigenvalue weighted by Crippen LogP contribution is 2.24. The van der Waals surface area contributed by atoms with Crippen LogP contribution in [0.4, 0.5) is 0 Å². The zero-order chi connectivity index (χ0) is 15.3. The molecule has 1 aliphatic heterocycles. The van der Waals surface area contributed by atoms with Crippen molar-refractivity contribution in [2.24, 2.45) is 11.7 Å². The SMILES string of the molecule is CC(CC(C)(N)C#N)N1CCC(Cc2ccccc2)CC1. The smallest absolute Gasteiger partial charge is 0.102 e. The van der Waals surface area contributed by atoms with Crippen LogP contribution in [-0.4, -0.2) is 29.6 Å². The second-order valence-electron chi connectivity index (χ2n) is 6.75. The minimum absolute atomic E-state index is 0.386. The van der Waals surface area contributed by atoms with Crippen LogP contribution in [0.1, 0.15) is 38.7 Å². The van der Waals surface area contributed by atoms with Crippen LogP contribution in [-0.2, 0) is 6.42 Å². The van der Waals surface area contributed by atoms with Gasteiger partial charge >= 0.3 is 0 Å². The summed E-state index contributed by atoms with van der Waals surface area (Å²) in [5, 5.41) is 9.05. The van der Waals surface area contributed by atoms with Gasteiger partial charge in [0.05, 0.1) is 6.07 Å². The van der Waals surface area contributed by atoms with Gasteiger partial charge in [0, 0.05) is 6.04 Å². The number of nitrogens with two attached hydrogens (primary N) is 1. The fourth-order valence-electron chi connectivity index (χ4n) is 3.33. The van der Waals surface area contributed by atoms with E-state index in [0.29, 0.717) is 6.04 Å². The molecular formula is C18H27N3. The van der Waals surface area contributed by atoms with Gasteiger partial charge in [0.1, 0.15) is 5.54 Å². The summed E-state index contributed by atoms with van der Waals surface area (Å²) in [6.45, 7) is 6.27. The van der Waals surface area contributed by atoms with E-state index in [9.17, 15) is 0 Å². The highest BCUT2D eigenvalue weighted by atomic mass is 15.2. The lowest BCUT2D eigenvalue weighted by Gasteiger charge is -2.37. The molecule has 0 saturated carbocycles. The molecule has 0 amide bonds. The largest absolute Gasteiger partial charge is 0.314 e. The topological polar surface area (TPSA) is 53.1 Å². The van der Waals surface area contributed by atoms with Crippen LogP contribution in [0.2, 0.25) is 0 Å². The molecule has 0 aromatic heterocycles. The summed E-state index contributed by atoms with van der Waals surface area (Å²) in [5.74, 6) is 0.788. The van der Waals surface area contributed by atoms with Crippen LogP contribution in [0.3, 0.4) is 0 Å². The molecule has 21 heavy (non-hydrogen) atoms. The summed E-state index contributed by atoms with van der Waals surface area (Å²) in [7, 11) is 0. The molecule has 2 rings (SSSR count). The van der Waals surface area contributed by atoms with Crippen molar-refractivity contribution < 1.29 is 0 Å². The molecule has 2 atom stereocenters. The monoisotopic (exact) mass is 285 g/mol. The first-order valence-corrected chi connectivity index (χ1v) is 7.98. The van der Waals surface area contributed by atoms with Gasteiger partial charge < -0.3 is 10.6 Å². The molecule has 2 unspecified atom stereocenters. The first-order valence-electron chi connectivity index (χ1n) is 7.98. The predicted molar refractivity (Wildman–Crippen MR) is 86.7 cm³/mol. The minimum atomic E-state index is -0.708. The third-order valence-electron chi connectivity index (χ3n) is 4.61. The van der Waals surface area contributed by atoms with Crippen molar-refractivity contribution in [2.45, 2.75) is 51.1 Å². The van der Waals surface area contributed by atoms with Crippen molar-refractivity contribution >= 4 is 0 Å².